The number of fused-ring (bicyclic) bond motifs is 1. The molecule has 0 fully saturated rings. The van der Waals surface area contributed by atoms with E-state index in [9.17, 15) is 4.79 Å². The minimum Gasteiger partial charge on any atom is -0.309 e. The zero-order valence-corrected chi connectivity index (χ0v) is 10.6. The Bertz CT molecular complexity index is 601. The number of hydrogen-bond donors (Lipinski definition) is 1. The summed E-state index contributed by atoms with van der Waals surface area (Å²) in [6.07, 6.45) is 0. The third-order valence-corrected chi connectivity index (χ3v) is 3.05. The molecule has 0 radical (unpaired) electrons. The number of rotatable bonds is 2. The molecular formula is C13H17N3O. The van der Waals surface area contributed by atoms with Crippen molar-refractivity contribution in [2.75, 3.05) is 14.1 Å². The predicted molar refractivity (Wildman–Crippen MR) is 69.2 cm³/mol. The van der Waals surface area contributed by atoms with Gasteiger partial charge in [0.25, 0.3) is 5.56 Å². The van der Waals surface area contributed by atoms with Crippen molar-refractivity contribution in [3.05, 3.63) is 39.9 Å². The molecule has 0 aliphatic rings. The van der Waals surface area contributed by atoms with Crippen molar-refractivity contribution in [1.29, 1.82) is 0 Å². The highest BCUT2D eigenvalue weighted by atomic mass is 16.1. The van der Waals surface area contributed by atoms with E-state index in [1.165, 1.54) is 0 Å². The zero-order chi connectivity index (χ0) is 12.6. The summed E-state index contributed by atoms with van der Waals surface area (Å²) >= 11 is 0. The Morgan fingerprint density at radius 2 is 2.06 bits per heavy atom. The number of aromatic amines is 1. The quantitative estimate of drug-likeness (QED) is 0.858. The van der Waals surface area contributed by atoms with E-state index in [1.54, 1.807) is 0 Å². The lowest BCUT2D eigenvalue weighted by atomic mass is 10.1. The summed E-state index contributed by atoms with van der Waals surface area (Å²) in [7, 11) is 3.93. The highest BCUT2D eigenvalue weighted by molar-refractivity contribution is 5.78. The van der Waals surface area contributed by atoms with Crippen LogP contribution >= 0.6 is 0 Å². The molecule has 90 valence electrons. The zero-order valence-electron chi connectivity index (χ0n) is 10.6. The molecule has 2 aromatic rings. The van der Waals surface area contributed by atoms with Gasteiger partial charge >= 0.3 is 0 Å². The fraction of sp³-hybridized carbons (Fsp3) is 0.385. The number of nitrogens with zero attached hydrogens (tertiary/aromatic N) is 2. The van der Waals surface area contributed by atoms with Gasteiger partial charge in [0.05, 0.1) is 16.9 Å². The third-order valence-electron chi connectivity index (χ3n) is 3.05. The molecule has 0 amide bonds. The summed E-state index contributed by atoms with van der Waals surface area (Å²) in [6.45, 7) is 4.01. The van der Waals surface area contributed by atoms with Gasteiger partial charge < -0.3 is 4.98 Å². The molecule has 0 aliphatic carbocycles. The predicted octanol–water partition coefficient (Wildman–Crippen LogP) is 1.85. The molecule has 0 bridgehead atoms. The molecule has 0 saturated heterocycles. The van der Waals surface area contributed by atoms with Crippen molar-refractivity contribution < 1.29 is 0 Å². The Morgan fingerprint density at radius 3 is 2.71 bits per heavy atom. The molecule has 1 unspecified atom stereocenters. The fourth-order valence-electron chi connectivity index (χ4n) is 1.71. The molecule has 4 nitrogen and oxygen atoms in total. The first-order valence-electron chi connectivity index (χ1n) is 5.66. The summed E-state index contributed by atoms with van der Waals surface area (Å²) in [5.74, 6) is 0.707. The standard InChI is InChI=1S/C13H17N3O/c1-8-5-6-10-11(7-8)14-12(15-13(10)17)9(2)16(3)4/h5-7,9H,1-4H3,(H,14,15,17). The molecule has 0 spiro atoms. The number of aromatic nitrogens is 2. The van der Waals surface area contributed by atoms with Crippen molar-refractivity contribution in [3.8, 4) is 0 Å². The van der Waals surface area contributed by atoms with Crippen molar-refractivity contribution >= 4 is 10.9 Å². The minimum absolute atomic E-state index is 0.0706. The van der Waals surface area contributed by atoms with Crippen molar-refractivity contribution in [2.24, 2.45) is 0 Å². The van der Waals surface area contributed by atoms with Crippen LogP contribution in [0.3, 0.4) is 0 Å². The molecule has 17 heavy (non-hydrogen) atoms. The van der Waals surface area contributed by atoms with E-state index in [0.717, 1.165) is 11.1 Å². The fourth-order valence-corrected chi connectivity index (χ4v) is 1.71. The lowest BCUT2D eigenvalue weighted by molar-refractivity contribution is 0.309. The van der Waals surface area contributed by atoms with Crippen LogP contribution in [0.1, 0.15) is 24.4 Å². The monoisotopic (exact) mass is 231 g/mol. The van der Waals surface area contributed by atoms with Gasteiger partial charge in [-0.25, -0.2) is 4.98 Å². The Hall–Kier alpha value is -1.68. The molecule has 1 heterocycles. The molecule has 1 aromatic carbocycles. The lowest BCUT2D eigenvalue weighted by Gasteiger charge is -2.18. The first-order valence-corrected chi connectivity index (χ1v) is 5.66. The SMILES string of the molecule is Cc1ccc2c(=O)[nH]c(C(C)N(C)C)nc2c1. The number of nitrogens with one attached hydrogen (secondary N) is 1. The van der Waals surface area contributed by atoms with Crippen LogP contribution in [0.2, 0.25) is 0 Å². The summed E-state index contributed by atoms with van der Waals surface area (Å²) < 4.78 is 0. The second-order valence-corrected chi connectivity index (χ2v) is 4.61. The molecule has 0 aliphatic heterocycles. The van der Waals surface area contributed by atoms with E-state index < -0.39 is 0 Å². The van der Waals surface area contributed by atoms with Crippen LogP contribution in [0.25, 0.3) is 10.9 Å². The van der Waals surface area contributed by atoms with Crippen molar-refractivity contribution in [3.63, 3.8) is 0 Å². The molecule has 0 saturated carbocycles. The molecular weight excluding hydrogens is 214 g/mol. The second-order valence-electron chi connectivity index (χ2n) is 4.61. The maximum atomic E-state index is 11.9. The van der Waals surface area contributed by atoms with E-state index in [2.05, 4.69) is 9.97 Å². The summed E-state index contributed by atoms with van der Waals surface area (Å²) in [5, 5.41) is 0.644. The van der Waals surface area contributed by atoms with Crippen LogP contribution in [0, 0.1) is 6.92 Å². The molecule has 4 heteroatoms. The van der Waals surface area contributed by atoms with E-state index in [0.29, 0.717) is 11.2 Å². The van der Waals surface area contributed by atoms with Gasteiger partial charge in [-0.2, -0.15) is 0 Å². The normalized spacial score (nSPS) is 13.2. The van der Waals surface area contributed by atoms with Crippen LogP contribution in [0.4, 0.5) is 0 Å². The first kappa shape index (κ1) is 11.8. The Morgan fingerprint density at radius 1 is 1.35 bits per heavy atom. The molecule has 2 rings (SSSR count). The van der Waals surface area contributed by atoms with Crippen LogP contribution in [0.15, 0.2) is 23.0 Å². The maximum Gasteiger partial charge on any atom is 0.258 e. The van der Waals surface area contributed by atoms with E-state index >= 15 is 0 Å². The van der Waals surface area contributed by atoms with Gasteiger partial charge in [0, 0.05) is 0 Å². The third kappa shape index (κ3) is 2.22. The van der Waals surface area contributed by atoms with Crippen LogP contribution < -0.4 is 5.56 Å². The number of hydrogen-bond acceptors (Lipinski definition) is 3. The highest BCUT2D eigenvalue weighted by Crippen LogP contribution is 2.15. The number of aryl methyl sites for hydroxylation is 1. The van der Waals surface area contributed by atoms with Gasteiger partial charge in [-0.15, -0.1) is 0 Å². The Balaban J connectivity index is 2.65. The molecule has 1 N–H and O–H groups in total. The Kier molecular flexibility index (Phi) is 2.98. The van der Waals surface area contributed by atoms with Gasteiger partial charge in [0.1, 0.15) is 5.82 Å². The highest BCUT2D eigenvalue weighted by Gasteiger charge is 2.12. The average molecular weight is 231 g/mol. The van der Waals surface area contributed by atoms with Gasteiger partial charge in [0.15, 0.2) is 0 Å². The minimum atomic E-state index is -0.0706. The van der Waals surface area contributed by atoms with Gasteiger partial charge in [-0.05, 0) is 45.6 Å². The largest absolute Gasteiger partial charge is 0.309 e. The summed E-state index contributed by atoms with van der Waals surface area (Å²) in [5.41, 5.74) is 1.80. The van der Waals surface area contributed by atoms with E-state index in [1.807, 2.05) is 51.0 Å². The second kappa shape index (κ2) is 4.30. The smallest absolute Gasteiger partial charge is 0.258 e. The number of benzene rings is 1. The van der Waals surface area contributed by atoms with Crippen LogP contribution in [-0.2, 0) is 0 Å². The summed E-state index contributed by atoms with van der Waals surface area (Å²) in [6, 6.07) is 5.78. The van der Waals surface area contributed by atoms with Gasteiger partial charge in [0.2, 0.25) is 0 Å². The van der Waals surface area contributed by atoms with Gasteiger partial charge in [-0.3, -0.25) is 9.69 Å². The van der Waals surface area contributed by atoms with E-state index in [4.69, 9.17) is 0 Å². The van der Waals surface area contributed by atoms with Crippen molar-refractivity contribution in [2.45, 2.75) is 19.9 Å². The first-order chi connectivity index (χ1) is 7.99. The van der Waals surface area contributed by atoms with E-state index in [-0.39, 0.29) is 11.6 Å². The maximum absolute atomic E-state index is 11.9. The molecule has 1 atom stereocenters. The van der Waals surface area contributed by atoms with Gasteiger partial charge in [-0.1, -0.05) is 6.07 Å². The number of H-pyrrole nitrogens is 1. The topological polar surface area (TPSA) is 49.0 Å². The van der Waals surface area contributed by atoms with Crippen LogP contribution in [-0.4, -0.2) is 29.0 Å². The average Bonchev–Trinajstić information content (AvgIpc) is 2.27. The Labute approximate surface area is 100 Å². The summed E-state index contributed by atoms with van der Waals surface area (Å²) in [4.78, 5) is 21.3. The van der Waals surface area contributed by atoms with Crippen molar-refractivity contribution in [1.82, 2.24) is 14.9 Å². The lowest BCUT2D eigenvalue weighted by Crippen LogP contribution is -2.22. The molecule has 1 aromatic heterocycles. The van der Waals surface area contributed by atoms with Crippen LogP contribution in [0.5, 0.6) is 0 Å².